The van der Waals surface area contributed by atoms with E-state index in [1.807, 2.05) is 6.07 Å². The Kier molecular flexibility index (Phi) is 5.26. The first-order chi connectivity index (χ1) is 9.61. The molecule has 2 unspecified atom stereocenters. The van der Waals surface area contributed by atoms with Crippen LogP contribution in [0, 0.1) is 0 Å². The Morgan fingerprint density at radius 3 is 2.80 bits per heavy atom. The minimum atomic E-state index is 0.109. The van der Waals surface area contributed by atoms with Crippen molar-refractivity contribution in [3.05, 3.63) is 23.8 Å². The molecule has 0 amide bonds. The number of hydrogen-bond donors (Lipinski definition) is 3. The van der Waals surface area contributed by atoms with Crippen molar-refractivity contribution in [1.29, 1.82) is 0 Å². The third kappa shape index (κ3) is 3.64. The summed E-state index contributed by atoms with van der Waals surface area (Å²) in [7, 11) is 0. The van der Waals surface area contributed by atoms with E-state index in [0.29, 0.717) is 6.04 Å². The zero-order valence-electron chi connectivity index (χ0n) is 12.5. The highest BCUT2D eigenvalue weighted by Gasteiger charge is 2.23. The van der Waals surface area contributed by atoms with Gasteiger partial charge in [0.2, 0.25) is 0 Å². The average Bonchev–Trinajstić information content (AvgIpc) is 2.90. The van der Waals surface area contributed by atoms with Gasteiger partial charge < -0.3 is 15.5 Å². The second-order valence-corrected chi connectivity index (χ2v) is 5.71. The molecule has 1 saturated heterocycles. The topological polar surface area (TPSA) is 55.7 Å². The fourth-order valence-corrected chi connectivity index (χ4v) is 3.01. The number of rotatable bonds is 6. The number of phenols is 2. The first-order valence-corrected chi connectivity index (χ1v) is 7.61. The van der Waals surface area contributed by atoms with Gasteiger partial charge in [0.25, 0.3) is 0 Å². The van der Waals surface area contributed by atoms with E-state index in [1.54, 1.807) is 6.07 Å². The van der Waals surface area contributed by atoms with Crippen molar-refractivity contribution >= 4 is 0 Å². The lowest BCUT2D eigenvalue weighted by Gasteiger charge is -2.31. The minimum absolute atomic E-state index is 0.109. The Morgan fingerprint density at radius 2 is 2.20 bits per heavy atom. The molecule has 1 fully saturated rings. The van der Waals surface area contributed by atoms with Crippen molar-refractivity contribution in [1.82, 2.24) is 10.2 Å². The number of hydrogen-bond acceptors (Lipinski definition) is 4. The summed E-state index contributed by atoms with van der Waals surface area (Å²) in [5.41, 5.74) is 0.884. The molecule has 2 rings (SSSR count). The molecule has 0 aromatic heterocycles. The monoisotopic (exact) mass is 278 g/mol. The van der Waals surface area contributed by atoms with Crippen molar-refractivity contribution in [2.75, 3.05) is 19.6 Å². The predicted octanol–water partition coefficient (Wildman–Crippen LogP) is 2.62. The number of nitrogens with one attached hydrogen (secondary N) is 1. The Bertz CT molecular complexity index is 430. The predicted molar refractivity (Wildman–Crippen MR) is 81.1 cm³/mol. The average molecular weight is 278 g/mol. The molecule has 1 aliphatic rings. The van der Waals surface area contributed by atoms with Gasteiger partial charge in [0.15, 0.2) is 0 Å². The van der Waals surface area contributed by atoms with E-state index in [2.05, 4.69) is 24.1 Å². The van der Waals surface area contributed by atoms with Crippen molar-refractivity contribution in [2.24, 2.45) is 0 Å². The fraction of sp³-hybridized carbons (Fsp3) is 0.625. The number of benzene rings is 1. The van der Waals surface area contributed by atoms with Gasteiger partial charge in [0, 0.05) is 30.3 Å². The molecule has 0 radical (unpaired) electrons. The van der Waals surface area contributed by atoms with E-state index in [4.69, 9.17) is 0 Å². The molecule has 0 aliphatic carbocycles. The van der Waals surface area contributed by atoms with Crippen molar-refractivity contribution in [2.45, 2.75) is 45.2 Å². The van der Waals surface area contributed by atoms with Crippen LogP contribution < -0.4 is 5.32 Å². The van der Waals surface area contributed by atoms with Crippen LogP contribution in [0.4, 0.5) is 0 Å². The maximum atomic E-state index is 10.0. The summed E-state index contributed by atoms with van der Waals surface area (Å²) in [5, 5.41) is 23.0. The second-order valence-electron chi connectivity index (χ2n) is 5.71. The highest BCUT2D eigenvalue weighted by atomic mass is 16.3. The Labute approximate surface area is 121 Å². The van der Waals surface area contributed by atoms with E-state index in [9.17, 15) is 10.2 Å². The zero-order valence-corrected chi connectivity index (χ0v) is 12.5. The maximum absolute atomic E-state index is 10.0. The van der Waals surface area contributed by atoms with Gasteiger partial charge in [-0.15, -0.1) is 0 Å². The van der Waals surface area contributed by atoms with E-state index in [1.165, 1.54) is 18.9 Å². The summed E-state index contributed by atoms with van der Waals surface area (Å²) in [6.45, 7) is 7.44. The fourth-order valence-electron chi connectivity index (χ4n) is 3.01. The molecule has 1 aromatic carbocycles. The molecule has 1 heterocycles. The highest BCUT2D eigenvalue weighted by Crippen LogP contribution is 2.31. The van der Waals surface area contributed by atoms with Gasteiger partial charge in [0.05, 0.1) is 0 Å². The van der Waals surface area contributed by atoms with Crippen molar-refractivity contribution < 1.29 is 10.2 Å². The molecule has 0 saturated carbocycles. The van der Waals surface area contributed by atoms with Crippen LogP contribution in [0.1, 0.15) is 44.7 Å². The summed E-state index contributed by atoms with van der Waals surface area (Å²) in [5.74, 6) is 0.288. The van der Waals surface area contributed by atoms with Crippen LogP contribution in [0.3, 0.4) is 0 Å². The Hall–Kier alpha value is -1.26. The van der Waals surface area contributed by atoms with Crippen LogP contribution in [0.15, 0.2) is 18.2 Å². The summed E-state index contributed by atoms with van der Waals surface area (Å²) in [6, 6.07) is 5.59. The molecule has 2 atom stereocenters. The Morgan fingerprint density at radius 1 is 1.40 bits per heavy atom. The van der Waals surface area contributed by atoms with Crippen LogP contribution in [0.2, 0.25) is 0 Å². The highest BCUT2D eigenvalue weighted by molar-refractivity contribution is 5.40. The molecule has 112 valence electrons. The normalized spacial score (nSPS) is 20.4. The zero-order chi connectivity index (χ0) is 14.5. The summed E-state index contributed by atoms with van der Waals surface area (Å²) in [4.78, 5) is 2.41. The van der Waals surface area contributed by atoms with Crippen LogP contribution >= 0.6 is 0 Å². The van der Waals surface area contributed by atoms with Crippen LogP contribution in [0.25, 0.3) is 0 Å². The van der Waals surface area contributed by atoms with Gasteiger partial charge in [0.1, 0.15) is 11.5 Å². The lowest BCUT2D eigenvalue weighted by atomic mass is 10.0. The molecule has 0 bridgehead atoms. The third-order valence-electron chi connectivity index (χ3n) is 4.14. The smallest absolute Gasteiger partial charge is 0.124 e. The van der Waals surface area contributed by atoms with Gasteiger partial charge in [-0.2, -0.15) is 0 Å². The van der Waals surface area contributed by atoms with Gasteiger partial charge in [-0.05, 0) is 45.3 Å². The third-order valence-corrected chi connectivity index (χ3v) is 4.14. The molecule has 4 nitrogen and oxygen atoms in total. The number of phenolic OH excluding ortho intramolecular Hbond substituents is 2. The lowest BCUT2D eigenvalue weighted by molar-refractivity contribution is 0.189. The number of aromatic hydroxyl groups is 2. The first kappa shape index (κ1) is 15.1. The summed E-state index contributed by atoms with van der Waals surface area (Å²) >= 11 is 0. The SMILES string of the molecule is CCCN(CC1CCCN1)C(C)c1ccc(O)cc1O. The van der Waals surface area contributed by atoms with Gasteiger partial charge in [-0.1, -0.05) is 13.0 Å². The molecule has 1 aliphatic heterocycles. The maximum Gasteiger partial charge on any atom is 0.124 e. The van der Waals surface area contributed by atoms with E-state index in [-0.39, 0.29) is 17.5 Å². The van der Waals surface area contributed by atoms with Gasteiger partial charge in [-0.25, -0.2) is 0 Å². The summed E-state index contributed by atoms with van der Waals surface area (Å²) < 4.78 is 0. The lowest BCUT2D eigenvalue weighted by Crippen LogP contribution is -2.39. The van der Waals surface area contributed by atoms with Crippen LogP contribution in [-0.2, 0) is 0 Å². The van der Waals surface area contributed by atoms with E-state index in [0.717, 1.165) is 31.6 Å². The quantitative estimate of drug-likeness (QED) is 0.749. The minimum Gasteiger partial charge on any atom is -0.508 e. The van der Waals surface area contributed by atoms with E-state index < -0.39 is 0 Å². The molecule has 0 spiro atoms. The first-order valence-electron chi connectivity index (χ1n) is 7.61. The largest absolute Gasteiger partial charge is 0.508 e. The molecule has 3 N–H and O–H groups in total. The molecular formula is C16H26N2O2. The van der Waals surface area contributed by atoms with Crippen molar-refractivity contribution in [3.8, 4) is 11.5 Å². The second kappa shape index (κ2) is 6.95. The summed E-state index contributed by atoms with van der Waals surface area (Å²) in [6.07, 6.45) is 3.58. The molecule has 4 heteroatoms. The molecular weight excluding hydrogens is 252 g/mol. The van der Waals surface area contributed by atoms with E-state index >= 15 is 0 Å². The standard InChI is InChI=1S/C16H26N2O2/c1-3-9-18(11-13-5-4-8-17-13)12(2)15-7-6-14(19)10-16(15)20/h6-7,10,12-13,17,19-20H,3-5,8-9,11H2,1-2H3. The van der Waals surface area contributed by atoms with Crippen LogP contribution in [0.5, 0.6) is 11.5 Å². The van der Waals surface area contributed by atoms with Crippen molar-refractivity contribution in [3.63, 3.8) is 0 Å². The number of nitrogens with zero attached hydrogens (tertiary/aromatic N) is 1. The van der Waals surface area contributed by atoms with Gasteiger partial charge >= 0.3 is 0 Å². The Balaban J connectivity index is 2.10. The molecule has 1 aromatic rings. The molecule has 20 heavy (non-hydrogen) atoms. The van der Waals surface area contributed by atoms with Crippen LogP contribution in [-0.4, -0.2) is 40.8 Å². The van der Waals surface area contributed by atoms with Gasteiger partial charge in [-0.3, -0.25) is 4.90 Å².